The number of nitrogens with one attached hydrogen (secondary N) is 1. The number of carbonyl (C=O) groups is 1. The van der Waals surface area contributed by atoms with E-state index in [0.29, 0.717) is 19.2 Å². The Labute approximate surface area is 124 Å². The molecule has 114 valence electrons. The van der Waals surface area contributed by atoms with Gasteiger partial charge in [0, 0.05) is 25.6 Å². The summed E-state index contributed by atoms with van der Waals surface area (Å²) in [5.74, 6) is -0.405. The minimum Gasteiger partial charge on any atom is -0.381 e. The number of anilines is 1. The fourth-order valence-corrected chi connectivity index (χ4v) is 3.52. The van der Waals surface area contributed by atoms with E-state index < -0.39 is 5.82 Å². The van der Waals surface area contributed by atoms with Crippen molar-refractivity contribution in [3.63, 3.8) is 0 Å². The molecule has 1 aromatic carbocycles. The molecule has 1 spiro atoms. The molecule has 1 aliphatic carbocycles. The average Bonchev–Trinajstić information content (AvgIpc) is 2.49. The molecule has 5 heteroatoms. The van der Waals surface area contributed by atoms with Crippen LogP contribution in [0.3, 0.4) is 0 Å². The number of halogens is 1. The van der Waals surface area contributed by atoms with Crippen LogP contribution in [0.25, 0.3) is 0 Å². The summed E-state index contributed by atoms with van der Waals surface area (Å²) in [5, 5.41) is 2.65. The van der Waals surface area contributed by atoms with Crippen molar-refractivity contribution in [2.75, 3.05) is 25.5 Å². The van der Waals surface area contributed by atoms with Crippen molar-refractivity contribution in [2.45, 2.75) is 31.8 Å². The number of amides is 2. The van der Waals surface area contributed by atoms with E-state index in [9.17, 15) is 9.18 Å². The predicted octanol–water partition coefficient (Wildman–Crippen LogP) is 3.25. The average molecular weight is 292 g/mol. The van der Waals surface area contributed by atoms with Crippen LogP contribution in [0.4, 0.5) is 14.9 Å². The van der Waals surface area contributed by atoms with Crippen LogP contribution < -0.4 is 5.32 Å². The van der Waals surface area contributed by atoms with Gasteiger partial charge >= 0.3 is 6.03 Å². The number of methoxy groups -OCH3 is 1. The Balaban J connectivity index is 1.57. The van der Waals surface area contributed by atoms with E-state index in [2.05, 4.69) is 5.32 Å². The van der Waals surface area contributed by atoms with Crippen LogP contribution in [0, 0.1) is 11.2 Å². The van der Waals surface area contributed by atoms with E-state index in [1.54, 1.807) is 30.2 Å². The summed E-state index contributed by atoms with van der Waals surface area (Å²) in [6.07, 6.45) is 4.59. The lowest BCUT2D eigenvalue weighted by Crippen LogP contribution is -2.54. The van der Waals surface area contributed by atoms with Crippen molar-refractivity contribution in [1.29, 1.82) is 0 Å². The zero-order chi connectivity index (χ0) is 14.9. The van der Waals surface area contributed by atoms with Crippen LogP contribution in [0.1, 0.15) is 25.7 Å². The molecule has 1 heterocycles. The third-order valence-corrected chi connectivity index (χ3v) is 5.03. The van der Waals surface area contributed by atoms with Gasteiger partial charge < -0.3 is 15.0 Å². The third-order valence-electron chi connectivity index (χ3n) is 5.03. The Morgan fingerprint density at radius 2 is 2.05 bits per heavy atom. The molecule has 0 aromatic heterocycles. The number of nitrogens with zero attached hydrogens (tertiary/aromatic N) is 1. The number of carbonyl (C=O) groups excluding carboxylic acids is 1. The minimum absolute atomic E-state index is 0.219. The lowest BCUT2D eigenvalue weighted by Gasteiger charge is -2.53. The molecule has 1 aromatic rings. The van der Waals surface area contributed by atoms with Crippen molar-refractivity contribution in [2.24, 2.45) is 5.41 Å². The van der Waals surface area contributed by atoms with Crippen molar-refractivity contribution >= 4 is 11.7 Å². The van der Waals surface area contributed by atoms with Crippen molar-refractivity contribution in [1.82, 2.24) is 4.90 Å². The Kier molecular flexibility index (Phi) is 3.85. The highest BCUT2D eigenvalue weighted by molar-refractivity contribution is 5.89. The second kappa shape index (κ2) is 5.64. The van der Waals surface area contributed by atoms with Crippen molar-refractivity contribution < 1.29 is 13.9 Å². The topological polar surface area (TPSA) is 41.6 Å². The van der Waals surface area contributed by atoms with E-state index >= 15 is 0 Å². The molecule has 1 aliphatic heterocycles. The Bertz CT molecular complexity index is 525. The first-order valence-electron chi connectivity index (χ1n) is 7.48. The SMILES string of the molecule is COC1CCC12CCN(C(=O)Nc1ccccc1F)CC2. The number of urea groups is 1. The first-order chi connectivity index (χ1) is 10.1. The van der Waals surface area contributed by atoms with Crippen LogP contribution in [0.2, 0.25) is 0 Å². The fraction of sp³-hybridized carbons (Fsp3) is 0.562. The summed E-state index contributed by atoms with van der Waals surface area (Å²) in [6, 6.07) is 6.02. The van der Waals surface area contributed by atoms with Crippen LogP contribution in [0.5, 0.6) is 0 Å². The Morgan fingerprint density at radius 3 is 2.62 bits per heavy atom. The molecule has 1 saturated carbocycles. The Hall–Kier alpha value is -1.62. The lowest BCUT2D eigenvalue weighted by molar-refractivity contribution is -0.115. The molecule has 1 saturated heterocycles. The normalized spacial score (nSPS) is 23.7. The molecule has 0 bridgehead atoms. The van der Waals surface area contributed by atoms with Crippen LogP contribution in [-0.4, -0.2) is 37.2 Å². The summed E-state index contributed by atoms with van der Waals surface area (Å²) >= 11 is 0. The van der Waals surface area contributed by atoms with E-state index in [0.717, 1.165) is 19.3 Å². The predicted molar refractivity (Wildman–Crippen MR) is 78.7 cm³/mol. The van der Waals surface area contributed by atoms with Crippen LogP contribution >= 0.6 is 0 Å². The number of benzene rings is 1. The first kappa shape index (κ1) is 14.3. The first-order valence-corrected chi connectivity index (χ1v) is 7.48. The highest BCUT2D eigenvalue weighted by atomic mass is 19.1. The maximum atomic E-state index is 13.6. The van der Waals surface area contributed by atoms with E-state index in [4.69, 9.17) is 4.74 Å². The van der Waals surface area contributed by atoms with Gasteiger partial charge in [0.05, 0.1) is 11.8 Å². The van der Waals surface area contributed by atoms with Crippen molar-refractivity contribution in [3.8, 4) is 0 Å². The summed E-state index contributed by atoms with van der Waals surface area (Å²) < 4.78 is 19.1. The van der Waals surface area contributed by atoms with E-state index in [1.165, 1.54) is 12.5 Å². The largest absolute Gasteiger partial charge is 0.381 e. The summed E-state index contributed by atoms with van der Waals surface area (Å²) in [4.78, 5) is 14.0. The van der Waals surface area contributed by atoms with Gasteiger partial charge in [0.25, 0.3) is 0 Å². The minimum atomic E-state index is -0.405. The highest BCUT2D eigenvalue weighted by Gasteiger charge is 2.48. The fourth-order valence-electron chi connectivity index (χ4n) is 3.52. The van der Waals surface area contributed by atoms with Gasteiger partial charge in [0.1, 0.15) is 5.82 Å². The van der Waals surface area contributed by atoms with E-state index in [1.807, 2.05) is 0 Å². The number of ether oxygens (including phenoxy) is 1. The van der Waals surface area contributed by atoms with Crippen molar-refractivity contribution in [3.05, 3.63) is 30.1 Å². The molecule has 1 N–H and O–H groups in total. The quantitative estimate of drug-likeness (QED) is 0.909. The maximum absolute atomic E-state index is 13.6. The van der Waals surface area contributed by atoms with E-state index in [-0.39, 0.29) is 17.1 Å². The number of rotatable bonds is 2. The number of hydrogen-bond acceptors (Lipinski definition) is 2. The summed E-state index contributed by atoms with van der Waals surface area (Å²) in [6.45, 7) is 1.42. The molecular formula is C16H21FN2O2. The van der Waals surface area contributed by atoms with Gasteiger partial charge in [0.15, 0.2) is 0 Å². The van der Waals surface area contributed by atoms with Gasteiger partial charge in [-0.15, -0.1) is 0 Å². The van der Waals surface area contributed by atoms with Gasteiger partial charge in [-0.3, -0.25) is 0 Å². The molecule has 2 amide bonds. The van der Waals surface area contributed by atoms with Gasteiger partial charge in [0.2, 0.25) is 0 Å². The summed E-state index contributed by atoms with van der Waals surface area (Å²) in [7, 11) is 1.77. The van der Waals surface area contributed by atoms with Crippen LogP contribution in [0.15, 0.2) is 24.3 Å². The monoisotopic (exact) mass is 292 g/mol. The van der Waals surface area contributed by atoms with Gasteiger partial charge in [-0.25, -0.2) is 9.18 Å². The second-order valence-electron chi connectivity index (χ2n) is 6.02. The number of hydrogen-bond donors (Lipinski definition) is 1. The maximum Gasteiger partial charge on any atom is 0.321 e. The molecular weight excluding hydrogens is 271 g/mol. The molecule has 2 fully saturated rings. The number of likely N-dealkylation sites (tertiary alicyclic amines) is 1. The summed E-state index contributed by atoms with van der Waals surface area (Å²) in [5.41, 5.74) is 0.505. The van der Waals surface area contributed by atoms with Crippen LogP contribution in [-0.2, 0) is 4.74 Å². The number of para-hydroxylation sites is 1. The lowest BCUT2D eigenvalue weighted by atomic mass is 9.61. The molecule has 4 nitrogen and oxygen atoms in total. The highest BCUT2D eigenvalue weighted by Crippen LogP contribution is 2.50. The zero-order valence-electron chi connectivity index (χ0n) is 12.3. The molecule has 21 heavy (non-hydrogen) atoms. The standard InChI is InChI=1S/C16H21FN2O2/c1-21-14-6-7-16(14)8-10-19(11-9-16)15(20)18-13-5-3-2-4-12(13)17/h2-5,14H,6-11H2,1H3,(H,18,20). The molecule has 0 radical (unpaired) electrons. The number of piperidine rings is 1. The zero-order valence-corrected chi connectivity index (χ0v) is 12.3. The van der Waals surface area contributed by atoms with Gasteiger partial charge in [-0.2, -0.15) is 0 Å². The molecule has 3 rings (SSSR count). The molecule has 2 aliphatic rings. The Morgan fingerprint density at radius 1 is 1.33 bits per heavy atom. The third kappa shape index (κ3) is 2.62. The molecule has 1 unspecified atom stereocenters. The van der Waals surface area contributed by atoms with Gasteiger partial charge in [-0.1, -0.05) is 12.1 Å². The smallest absolute Gasteiger partial charge is 0.321 e. The molecule has 1 atom stereocenters. The van der Waals surface area contributed by atoms with Gasteiger partial charge in [-0.05, 0) is 37.8 Å². The second-order valence-corrected chi connectivity index (χ2v) is 6.02.